The van der Waals surface area contributed by atoms with Gasteiger partial charge in [-0.25, -0.2) is 0 Å². The Morgan fingerprint density at radius 3 is 2.70 bits per heavy atom. The Labute approximate surface area is 67.4 Å². The molecule has 2 rings (SSSR count). The van der Waals surface area contributed by atoms with Crippen LogP contribution >= 0.6 is 12.4 Å². The Balaban J connectivity index is 0.000000500. The molecule has 0 spiro atoms. The molecule has 2 bridgehead atoms. The van der Waals surface area contributed by atoms with Crippen LogP contribution in [0.2, 0.25) is 0 Å². The zero-order valence-electron chi connectivity index (χ0n) is 5.92. The molecular formula is C7H14ClNO. The number of nitrogens with one attached hydrogen (secondary N) is 1. The monoisotopic (exact) mass is 163 g/mol. The van der Waals surface area contributed by atoms with Gasteiger partial charge in [-0.2, -0.15) is 0 Å². The van der Waals surface area contributed by atoms with Crippen LogP contribution < -0.4 is 5.32 Å². The van der Waals surface area contributed by atoms with Crippen molar-refractivity contribution in [3.05, 3.63) is 0 Å². The first kappa shape index (κ1) is 8.31. The van der Waals surface area contributed by atoms with Crippen LogP contribution in [-0.4, -0.2) is 23.8 Å². The summed E-state index contributed by atoms with van der Waals surface area (Å²) in [5.74, 6) is 0.777. The SMILES string of the molecule is Cl.OC1CC2CNC(C1)C2. The molecule has 1 aliphatic carbocycles. The van der Waals surface area contributed by atoms with E-state index in [0.717, 1.165) is 25.3 Å². The maximum atomic E-state index is 9.25. The summed E-state index contributed by atoms with van der Waals surface area (Å²) in [5, 5.41) is 12.6. The Hall–Kier alpha value is 0.210. The van der Waals surface area contributed by atoms with Crippen molar-refractivity contribution in [2.45, 2.75) is 31.4 Å². The van der Waals surface area contributed by atoms with Gasteiger partial charge >= 0.3 is 0 Å². The van der Waals surface area contributed by atoms with Gasteiger partial charge in [-0.3, -0.25) is 0 Å². The third-order valence-electron chi connectivity index (χ3n) is 2.48. The average Bonchev–Trinajstić information content (AvgIpc) is 2.11. The Morgan fingerprint density at radius 2 is 2.00 bits per heavy atom. The van der Waals surface area contributed by atoms with Gasteiger partial charge in [0.25, 0.3) is 0 Å². The third-order valence-corrected chi connectivity index (χ3v) is 2.48. The second kappa shape index (κ2) is 3.07. The summed E-state index contributed by atoms with van der Waals surface area (Å²) in [6.07, 6.45) is 3.31. The molecule has 1 saturated carbocycles. The van der Waals surface area contributed by atoms with Gasteiger partial charge in [0.15, 0.2) is 0 Å². The quantitative estimate of drug-likeness (QED) is 0.547. The van der Waals surface area contributed by atoms with E-state index in [4.69, 9.17) is 0 Å². The highest BCUT2D eigenvalue weighted by Crippen LogP contribution is 2.28. The minimum absolute atomic E-state index is 0. The average molecular weight is 164 g/mol. The van der Waals surface area contributed by atoms with Gasteiger partial charge in [0.2, 0.25) is 0 Å². The highest BCUT2D eigenvalue weighted by molar-refractivity contribution is 5.85. The number of rotatable bonds is 0. The van der Waals surface area contributed by atoms with Gasteiger partial charge in [0, 0.05) is 6.04 Å². The second-order valence-corrected chi connectivity index (χ2v) is 3.33. The van der Waals surface area contributed by atoms with E-state index in [1.165, 1.54) is 6.42 Å². The number of aliphatic hydroxyl groups is 1. The van der Waals surface area contributed by atoms with Gasteiger partial charge < -0.3 is 10.4 Å². The predicted molar refractivity (Wildman–Crippen MR) is 42.4 cm³/mol. The number of aliphatic hydroxyl groups excluding tert-OH is 1. The van der Waals surface area contributed by atoms with E-state index in [1.54, 1.807) is 0 Å². The molecule has 0 radical (unpaired) electrons. The lowest BCUT2D eigenvalue weighted by molar-refractivity contribution is 0.111. The summed E-state index contributed by atoms with van der Waals surface area (Å²) in [5.41, 5.74) is 0. The van der Waals surface area contributed by atoms with Crippen molar-refractivity contribution < 1.29 is 5.11 Å². The van der Waals surface area contributed by atoms with E-state index in [-0.39, 0.29) is 18.5 Å². The van der Waals surface area contributed by atoms with E-state index in [1.807, 2.05) is 0 Å². The summed E-state index contributed by atoms with van der Waals surface area (Å²) < 4.78 is 0. The van der Waals surface area contributed by atoms with Crippen LogP contribution in [-0.2, 0) is 0 Å². The van der Waals surface area contributed by atoms with Crippen molar-refractivity contribution in [3.8, 4) is 0 Å². The molecule has 0 amide bonds. The van der Waals surface area contributed by atoms with Crippen LogP contribution in [0.4, 0.5) is 0 Å². The second-order valence-electron chi connectivity index (χ2n) is 3.33. The number of hydrogen-bond donors (Lipinski definition) is 2. The molecule has 2 aliphatic rings. The van der Waals surface area contributed by atoms with Crippen LogP contribution in [0.1, 0.15) is 19.3 Å². The minimum atomic E-state index is -0.0104. The summed E-state index contributed by atoms with van der Waals surface area (Å²) in [4.78, 5) is 0. The molecule has 3 atom stereocenters. The van der Waals surface area contributed by atoms with E-state index >= 15 is 0 Å². The molecule has 1 heterocycles. The topological polar surface area (TPSA) is 32.3 Å². The maximum absolute atomic E-state index is 9.25. The molecule has 10 heavy (non-hydrogen) atoms. The van der Waals surface area contributed by atoms with Crippen molar-refractivity contribution in [1.29, 1.82) is 0 Å². The summed E-state index contributed by atoms with van der Waals surface area (Å²) >= 11 is 0. The van der Waals surface area contributed by atoms with Gasteiger partial charge in [0.05, 0.1) is 6.10 Å². The van der Waals surface area contributed by atoms with Crippen LogP contribution in [0.5, 0.6) is 0 Å². The lowest BCUT2D eigenvalue weighted by Crippen LogP contribution is -2.27. The maximum Gasteiger partial charge on any atom is 0.0558 e. The molecule has 0 aromatic rings. The first-order chi connectivity index (χ1) is 4.34. The molecular weight excluding hydrogens is 150 g/mol. The number of halogens is 1. The first-order valence-corrected chi connectivity index (χ1v) is 3.76. The fraction of sp³-hybridized carbons (Fsp3) is 1.00. The fourth-order valence-corrected chi connectivity index (χ4v) is 2.07. The number of hydrogen-bond acceptors (Lipinski definition) is 2. The van der Waals surface area contributed by atoms with Crippen molar-refractivity contribution in [1.82, 2.24) is 5.32 Å². The summed E-state index contributed by atoms with van der Waals surface area (Å²) in [7, 11) is 0. The van der Waals surface area contributed by atoms with E-state index < -0.39 is 0 Å². The predicted octanol–water partition coefficient (Wildman–Crippen LogP) is 0.541. The summed E-state index contributed by atoms with van der Waals surface area (Å²) in [6, 6.07) is 0.638. The van der Waals surface area contributed by atoms with Gasteiger partial charge in [-0.05, 0) is 31.7 Å². The zero-order valence-corrected chi connectivity index (χ0v) is 6.73. The first-order valence-electron chi connectivity index (χ1n) is 3.76. The normalized spacial score (nSPS) is 44.7. The zero-order chi connectivity index (χ0) is 6.27. The lowest BCUT2D eigenvalue weighted by Gasteiger charge is -2.22. The molecule has 1 saturated heterocycles. The van der Waals surface area contributed by atoms with E-state index in [0.29, 0.717) is 6.04 Å². The molecule has 1 aliphatic heterocycles. The molecule has 0 aromatic carbocycles. The Kier molecular flexibility index (Phi) is 2.55. The number of fused-ring (bicyclic) bond motifs is 2. The largest absolute Gasteiger partial charge is 0.393 e. The Morgan fingerprint density at radius 1 is 1.20 bits per heavy atom. The van der Waals surface area contributed by atoms with E-state index in [2.05, 4.69) is 5.32 Å². The highest BCUT2D eigenvalue weighted by Gasteiger charge is 2.32. The van der Waals surface area contributed by atoms with Gasteiger partial charge in [-0.15, -0.1) is 12.4 Å². The Bertz CT molecular complexity index is 108. The smallest absolute Gasteiger partial charge is 0.0558 e. The van der Waals surface area contributed by atoms with Crippen molar-refractivity contribution in [3.63, 3.8) is 0 Å². The molecule has 3 unspecified atom stereocenters. The van der Waals surface area contributed by atoms with Crippen molar-refractivity contribution >= 4 is 12.4 Å². The van der Waals surface area contributed by atoms with Gasteiger partial charge in [0.1, 0.15) is 0 Å². The van der Waals surface area contributed by atoms with E-state index in [9.17, 15) is 5.11 Å². The molecule has 2 N–H and O–H groups in total. The fourth-order valence-electron chi connectivity index (χ4n) is 2.07. The van der Waals surface area contributed by atoms with Crippen molar-refractivity contribution in [2.75, 3.05) is 6.54 Å². The third kappa shape index (κ3) is 1.44. The molecule has 3 heteroatoms. The molecule has 0 aromatic heterocycles. The summed E-state index contributed by atoms with van der Waals surface area (Å²) in [6.45, 7) is 1.14. The highest BCUT2D eigenvalue weighted by atomic mass is 35.5. The van der Waals surface area contributed by atoms with Crippen LogP contribution in [0.25, 0.3) is 0 Å². The van der Waals surface area contributed by atoms with Crippen molar-refractivity contribution in [2.24, 2.45) is 5.92 Å². The van der Waals surface area contributed by atoms with Gasteiger partial charge in [-0.1, -0.05) is 0 Å². The minimum Gasteiger partial charge on any atom is -0.393 e. The van der Waals surface area contributed by atoms with Crippen LogP contribution in [0.3, 0.4) is 0 Å². The standard InChI is InChI=1S/C7H13NO.ClH/c9-7-2-5-1-6(3-7)8-4-5;/h5-9H,1-4H2;1H. The van der Waals surface area contributed by atoms with Crippen LogP contribution in [0.15, 0.2) is 0 Å². The molecule has 60 valence electrons. The molecule has 2 fully saturated rings. The lowest BCUT2D eigenvalue weighted by atomic mass is 9.88. The van der Waals surface area contributed by atoms with Crippen LogP contribution in [0, 0.1) is 5.92 Å². The molecule has 2 nitrogen and oxygen atoms in total.